The molecule has 3 aromatic rings. The van der Waals surface area contributed by atoms with E-state index in [9.17, 15) is 0 Å². The fourth-order valence-electron chi connectivity index (χ4n) is 3.46. The van der Waals surface area contributed by atoms with E-state index < -0.39 is 0 Å². The molecule has 2 aromatic carbocycles. The first-order valence-electron chi connectivity index (χ1n) is 10.2. The summed E-state index contributed by atoms with van der Waals surface area (Å²) in [4.78, 5) is 6.02. The van der Waals surface area contributed by atoms with E-state index >= 15 is 0 Å². The monoisotopic (exact) mass is 396 g/mol. The molecule has 4 rings (SSSR count). The van der Waals surface area contributed by atoms with Crippen molar-refractivity contribution in [1.29, 1.82) is 0 Å². The summed E-state index contributed by atoms with van der Waals surface area (Å²) in [5, 5.41) is 8.25. The summed E-state index contributed by atoms with van der Waals surface area (Å²) in [6.07, 6.45) is 1.32. The van der Waals surface area contributed by atoms with Crippen LogP contribution in [0.3, 0.4) is 0 Å². The van der Waals surface area contributed by atoms with E-state index in [1.165, 1.54) is 41.7 Å². The number of aromatic amines is 1. The van der Waals surface area contributed by atoms with Crippen LogP contribution in [0.25, 0.3) is 22.0 Å². The van der Waals surface area contributed by atoms with Crippen molar-refractivity contribution >= 4 is 10.9 Å². The van der Waals surface area contributed by atoms with Crippen molar-refractivity contribution in [2.45, 2.75) is 26.8 Å². The third-order valence-electron chi connectivity index (χ3n) is 5.09. The van der Waals surface area contributed by atoms with Crippen LogP contribution in [0.1, 0.15) is 26.0 Å². The highest BCUT2D eigenvalue weighted by Gasteiger charge is 2.15. The molecule has 0 radical (unpaired) electrons. The van der Waals surface area contributed by atoms with Crippen LogP contribution in [0, 0.1) is 5.92 Å². The van der Waals surface area contributed by atoms with E-state index in [1.54, 1.807) is 7.11 Å². The molecular formula is C24H32N2O3. The predicted octanol–water partition coefficient (Wildman–Crippen LogP) is 4.69. The first kappa shape index (κ1) is 21.2. The average molecular weight is 397 g/mol. The number of aliphatic hydroxyl groups excluding tert-OH is 1. The van der Waals surface area contributed by atoms with Gasteiger partial charge in [-0.2, -0.15) is 0 Å². The first-order valence-corrected chi connectivity index (χ1v) is 10.2. The summed E-state index contributed by atoms with van der Waals surface area (Å²) in [5.74, 6) is 2.05. The summed E-state index contributed by atoms with van der Waals surface area (Å²) >= 11 is 0. The number of hydrogen-bond donors (Lipinski definition) is 2. The van der Waals surface area contributed by atoms with Gasteiger partial charge >= 0.3 is 0 Å². The van der Waals surface area contributed by atoms with Crippen molar-refractivity contribution in [3.8, 4) is 22.6 Å². The zero-order chi connectivity index (χ0) is 20.8. The van der Waals surface area contributed by atoms with Crippen LogP contribution in [0.15, 0.2) is 42.5 Å². The lowest BCUT2D eigenvalue weighted by molar-refractivity contribution is 0.171. The number of likely N-dealkylation sites (tertiary alicyclic amines) is 1. The van der Waals surface area contributed by atoms with Crippen LogP contribution >= 0.6 is 0 Å². The summed E-state index contributed by atoms with van der Waals surface area (Å²) < 4.78 is 11.4. The number of rotatable bonds is 7. The van der Waals surface area contributed by atoms with Crippen LogP contribution < -0.4 is 9.47 Å². The number of aromatic nitrogens is 1. The Balaban J connectivity index is 0.00000117. The Labute approximate surface area is 173 Å². The molecule has 1 aromatic heterocycles. The molecule has 29 heavy (non-hydrogen) atoms. The lowest BCUT2D eigenvalue weighted by Gasteiger charge is -2.29. The molecular weight excluding hydrogens is 364 g/mol. The van der Waals surface area contributed by atoms with Crippen molar-refractivity contribution in [2.24, 2.45) is 5.92 Å². The van der Waals surface area contributed by atoms with Gasteiger partial charge in [-0.05, 0) is 66.9 Å². The van der Waals surface area contributed by atoms with Crippen LogP contribution in [0.4, 0.5) is 0 Å². The highest BCUT2D eigenvalue weighted by Crippen LogP contribution is 2.34. The number of nitrogens with one attached hydrogen (secondary N) is 1. The maximum atomic E-state index is 7.00. The van der Waals surface area contributed by atoms with Gasteiger partial charge in [0.15, 0.2) is 11.5 Å². The lowest BCUT2D eigenvalue weighted by Crippen LogP contribution is -2.36. The predicted molar refractivity (Wildman–Crippen MR) is 119 cm³/mol. The number of hydrogen-bond acceptors (Lipinski definition) is 4. The summed E-state index contributed by atoms with van der Waals surface area (Å²) in [5.41, 5.74) is 4.81. The largest absolute Gasteiger partial charge is 0.493 e. The minimum atomic E-state index is 0.472. The fourth-order valence-corrected chi connectivity index (χ4v) is 3.46. The molecule has 1 aliphatic heterocycles. The van der Waals surface area contributed by atoms with Crippen molar-refractivity contribution in [3.63, 3.8) is 0 Å². The molecule has 0 spiro atoms. The minimum Gasteiger partial charge on any atom is -0.493 e. The van der Waals surface area contributed by atoms with E-state index in [1.807, 2.05) is 6.07 Å². The van der Waals surface area contributed by atoms with E-state index in [2.05, 4.69) is 60.1 Å². The molecule has 0 amide bonds. The molecule has 1 fully saturated rings. The van der Waals surface area contributed by atoms with E-state index in [-0.39, 0.29) is 0 Å². The van der Waals surface area contributed by atoms with Gasteiger partial charge in [-0.3, -0.25) is 4.90 Å². The Hall–Kier alpha value is -2.50. The highest BCUT2D eigenvalue weighted by atomic mass is 16.5. The SMILES string of the molecule is CO.COc1ccc(-c2ccc3[nH]c(CN4CCC4)cc3c2)cc1OCC(C)C. The van der Waals surface area contributed by atoms with Gasteiger partial charge in [-0.15, -0.1) is 0 Å². The maximum Gasteiger partial charge on any atom is 0.161 e. The van der Waals surface area contributed by atoms with Crippen molar-refractivity contribution in [1.82, 2.24) is 9.88 Å². The molecule has 5 nitrogen and oxygen atoms in total. The number of aliphatic hydroxyl groups is 1. The molecule has 156 valence electrons. The standard InChI is InChI=1S/C23H28N2O2.CH4O/c1-16(2)15-27-23-13-18(6-8-22(23)26-3)17-5-7-21-19(11-17)12-20(24-21)14-25-9-4-10-25;1-2/h5-8,11-13,16,24H,4,9-10,14-15H2,1-3H3;2H,1H3. The van der Waals surface area contributed by atoms with Crippen LogP contribution in [0.5, 0.6) is 11.5 Å². The van der Waals surface area contributed by atoms with Crippen molar-refractivity contribution < 1.29 is 14.6 Å². The second-order valence-electron chi connectivity index (χ2n) is 7.80. The van der Waals surface area contributed by atoms with Gasteiger partial charge < -0.3 is 19.6 Å². The molecule has 0 unspecified atom stereocenters. The normalized spacial score (nSPS) is 13.7. The highest BCUT2D eigenvalue weighted by molar-refractivity contribution is 5.86. The quantitative estimate of drug-likeness (QED) is 0.608. The first-order chi connectivity index (χ1) is 14.1. The van der Waals surface area contributed by atoms with E-state index in [4.69, 9.17) is 14.6 Å². The molecule has 0 saturated carbocycles. The van der Waals surface area contributed by atoms with Crippen molar-refractivity contribution in [2.75, 3.05) is 33.9 Å². The minimum absolute atomic E-state index is 0.472. The van der Waals surface area contributed by atoms with Gasteiger partial charge in [0.25, 0.3) is 0 Å². The second-order valence-corrected chi connectivity index (χ2v) is 7.80. The third-order valence-corrected chi connectivity index (χ3v) is 5.09. The lowest BCUT2D eigenvalue weighted by atomic mass is 10.0. The van der Waals surface area contributed by atoms with Gasteiger partial charge in [-0.1, -0.05) is 26.0 Å². The third kappa shape index (κ3) is 5.11. The van der Waals surface area contributed by atoms with Gasteiger partial charge in [0.1, 0.15) is 0 Å². The summed E-state index contributed by atoms with van der Waals surface area (Å²) in [7, 11) is 2.68. The van der Waals surface area contributed by atoms with Crippen LogP contribution in [-0.4, -0.2) is 48.9 Å². The number of H-pyrrole nitrogens is 1. The Kier molecular flexibility index (Phi) is 7.18. The van der Waals surface area contributed by atoms with Crippen LogP contribution in [-0.2, 0) is 6.54 Å². The smallest absolute Gasteiger partial charge is 0.161 e. The van der Waals surface area contributed by atoms with Crippen molar-refractivity contribution in [3.05, 3.63) is 48.2 Å². The molecule has 2 heterocycles. The topological polar surface area (TPSA) is 57.7 Å². The molecule has 0 atom stereocenters. The zero-order valence-electron chi connectivity index (χ0n) is 17.9. The molecule has 5 heteroatoms. The van der Waals surface area contributed by atoms with Crippen LogP contribution in [0.2, 0.25) is 0 Å². The average Bonchev–Trinajstić information content (AvgIpc) is 3.12. The Bertz CT molecular complexity index is 929. The number of ether oxygens (including phenoxy) is 2. The second kappa shape index (κ2) is 9.81. The maximum absolute atomic E-state index is 7.00. The Morgan fingerprint density at radius 1 is 1.00 bits per heavy atom. The molecule has 2 N–H and O–H groups in total. The molecule has 1 saturated heterocycles. The van der Waals surface area contributed by atoms with Gasteiger partial charge in [0.05, 0.1) is 13.7 Å². The number of methoxy groups -OCH3 is 1. The molecule has 1 aliphatic rings. The zero-order valence-corrected chi connectivity index (χ0v) is 17.9. The Morgan fingerprint density at radius 3 is 2.38 bits per heavy atom. The van der Waals surface area contributed by atoms with E-state index in [0.717, 1.165) is 30.7 Å². The van der Waals surface area contributed by atoms with Gasteiger partial charge in [0.2, 0.25) is 0 Å². The van der Waals surface area contributed by atoms with Gasteiger partial charge in [0, 0.05) is 30.3 Å². The summed E-state index contributed by atoms with van der Waals surface area (Å²) in [6.45, 7) is 8.41. The van der Waals surface area contributed by atoms with Gasteiger partial charge in [-0.25, -0.2) is 0 Å². The Morgan fingerprint density at radius 2 is 1.72 bits per heavy atom. The summed E-state index contributed by atoms with van der Waals surface area (Å²) in [6, 6.07) is 15.0. The number of nitrogens with zero attached hydrogens (tertiary/aromatic N) is 1. The fraction of sp³-hybridized carbons (Fsp3) is 0.417. The number of benzene rings is 2. The molecule has 0 bridgehead atoms. The number of fused-ring (bicyclic) bond motifs is 1. The molecule has 0 aliphatic carbocycles. The van der Waals surface area contributed by atoms with E-state index in [0.29, 0.717) is 12.5 Å².